The molecule has 0 aliphatic heterocycles. The molecule has 19 heavy (non-hydrogen) atoms. The summed E-state index contributed by atoms with van der Waals surface area (Å²) in [4.78, 5) is 1.06. The smallest absolute Gasteiger partial charge is 0.175 e. The maximum atomic E-state index is 5.89. The molecule has 0 spiro atoms. The van der Waals surface area contributed by atoms with Gasteiger partial charge in [0.05, 0.1) is 15.9 Å². The Morgan fingerprint density at radius 1 is 1.32 bits per heavy atom. The summed E-state index contributed by atoms with van der Waals surface area (Å²) in [6.45, 7) is 0.451. The summed E-state index contributed by atoms with van der Waals surface area (Å²) < 4.78 is 12.7. The maximum Gasteiger partial charge on any atom is 0.175 e. The van der Waals surface area contributed by atoms with Crippen molar-refractivity contribution in [3.05, 3.63) is 43.5 Å². The molecule has 6 heteroatoms. The monoisotopic (exact) mass is 380 g/mol. The van der Waals surface area contributed by atoms with Crippen LogP contribution in [0.5, 0.6) is 11.5 Å². The molecule has 1 aromatic carbocycles. The third-order valence-electron chi connectivity index (χ3n) is 2.43. The number of rotatable bonds is 5. The Kier molecular flexibility index (Phi) is 5.39. The summed E-state index contributed by atoms with van der Waals surface area (Å²) in [6.07, 6.45) is 0. The van der Waals surface area contributed by atoms with E-state index in [0.717, 1.165) is 19.2 Å². The van der Waals surface area contributed by atoms with Gasteiger partial charge in [0, 0.05) is 10.8 Å². The van der Waals surface area contributed by atoms with Gasteiger partial charge in [-0.3, -0.25) is 0 Å². The van der Waals surface area contributed by atoms with Crippen molar-refractivity contribution in [1.29, 1.82) is 0 Å². The molecule has 0 atom stereocenters. The van der Waals surface area contributed by atoms with E-state index in [-0.39, 0.29) is 0 Å². The van der Waals surface area contributed by atoms with Gasteiger partial charge in [0.2, 0.25) is 0 Å². The lowest BCUT2D eigenvalue weighted by atomic mass is 10.2. The molecule has 2 rings (SSSR count). The SMILES string of the molecule is COc1cc(CCl)cc(Br)c1OCc1ccc(Cl)s1. The molecule has 0 aliphatic rings. The first-order valence-electron chi connectivity index (χ1n) is 5.43. The van der Waals surface area contributed by atoms with Gasteiger partial charge in [0.25, 0.3) is 0 Å². The largest absolute Gasteiger partial charge is 0.493 e. The number of hydrogen-bond acceptors (Lipinski definition) is 3. The second kappa shape index (κ2) is 6.84. The fraction of sp³-hybridized carbons (Fsp3) is 0.231. The fourth-order valence-electron chi connectivity index (χ4n) is 1.56. The standard InChI is InChI=1S/C13H11BrCl2O2S/c1-17-11-5-8(6-15)4-10(14)13(11)18-7-9-2-3-12(16)19-9/h2-5H,6-7H2,1H3. The van der Waals surface area contributed by atoms with E-state index < -0.39 is 0 Å². The minimum atomic E-state index is 0.426. The minimum Gasteiger partial charge on any atom is -0.493 e. The Morgan fingerprint density at radius 3 is 2.68 bits per heavy atom. The number of methoxy groups -OCH3 is 1. The minimum absolute atomic E-state index is 0.426. The highest BCUT2D eigenvalue weighted by Crippen LogP contribution is 2.38. The number of halogens is 3. The van der Waals surface area contributed by atoms with E-state index in [9.17, 15) is 0 Å². The lowest BCUT2D eigenvalue weighted by molar-refractivity contribution is 0.285. The number of alkyl halides is 1. The van der Waals surface area contributed by atoms with Crippen molar-refractivity contribution in [3.8, 4) is 11.5 Å². The normalized spacial score (nSPS) is 10.5. The van der Waals surface area contributed by atoms with Gasteiger partial charge in [0.15, 0.2) is 11.5 Å². The van der Waals surface area contributed by atoms with Crippen LogP contribution in [-0.2, 0) is 12.5 Å². The van der Waals surface area contributed by atoms with Gasteiger partial charge in [-0.15, -0.1) is 22.9 Å². The van der Waals surface area contributed by atoms with E-state index in [4.69, 9.17) is 32.7 Å². The van der Waals surface area contributed by atoms with Crippen LogP contribution in [0.15, 0.2) is 28.7 Å². The van der Waals surface area contributed by atoms with Crippen molar-refractivity contribution in [2.24, 2.45) is 0 Å². The molecule has 2 nitrogen and oxygen atoms in total. The van der Waals surface area contributed by atoms with Crippen LogP contribution < -0.4 is 9.47 Å². The first-order valence-corrected chi connectivity index (χ1v) is 7.95. The van der Waals surface area contributed by atoms with Crippen LogP contribution in [0, 0.1) is 0 Å². The van der Waals surface area contributed by atoms with Gasteiger partial charge in [0.1, 0.15) is 6.61 Å². The lowest BCUT2D eigenvalue weighted by Gasteiger charge is -2.13. The van der Waals surface area contributed by atoms with Crippen molar-refractivity contribution in [3.63, 3.8) is 0 Å². The lowest BCUT2D eigenvalue weighted by Crippen LogP contribution is -1.98. The van der Waals surface area contributed by atoms with Gasteiger partial charge in [-0.25, -0.2) is 0 Å². The summed E-state index contributed by atoms with van der Waals surface area (Å²) in [5.74, 6) is 1.75. The van der Waals surface area contributed by atoms with Crippen molar-refractivity contribution in [2.45, 2.75) is 12.5 Å². The van der Waals surface area contributed by atoms with Gasteiger partial charge in [-0.1, -0.05) is 11.6 Å². The highest BCUT2D eigenvalue weighted by molar-refractivity contribution is 9.10. The fourth-order valence-corrected chi connectivity index (χ4v) is 3.32. The molecular weight excluding hydrogens is 371 g/mol. The Balaban J connectivity index is 2.19. The first-order chi connectivity index (χ1) is 9.13. The molecule has 1 heterocycles. The number of hydrogen-bond donors (Lipinski definition) is 0. The summed E-state index contributed by atoms with van der Waals surface area (Å²) in [5, 5.41) is 0. The van der Waals surface area contributed by atoms with Crippen LogP contribution in [-0.4, -0.2) is 7.11 Å². The van der Waals surface area contributed by atoms with Gasteiger partial charge in [-0.2, -0.15) is 0 Å². The molecule has 0 amide bonds. The zero-order valence-electron chi connectivity index (χ0n) is 10.1. The van der Waals surface area contributed by atoms with Gasteiger partial charge >= 0.3 is 0 Å². The van der Waals surface area contributed by atoms with Crippen molar-refractivity contribution in [2.75, 3.05) is 7.11 Å². The van der Waals surface area contributed by atoms with E-state index in [0.29, 0.717) is 24.0 Å². The zero-order valence-corrected chi connectivity index (χ0v) is 14.0. The van der Waals surface area contributed by atoms with Crippen LogP contribution in [0.1, 0.15) is 10.4 Å². The quantitative estimate of drug-likeness (QED) is 0.637. The zero-order chi connectivity index (χ0) is 13.8. The van der Waals surface area contributed by atoms with Crippen LogP contribution >= 0.6 is 50.5 Å². The molecule has 2 aromatic rings. The molecular formula is C13H11BrCl2O2S. The number of benzene rings is 1. The Bertz CT molecular complexity index is 572. The average molecular weight is 382 g/mol. The number of thiophene rings is 1. The van der Waals surface area contributed by atoms with Crippen LogP contribution in [0.25, 0.3) is 0 Å². The van der Waals surface area contributed by atoms with Crippen molar-refractivity contribution >= 4 is 50.5 Å². The average Bonchev–Trinajstić information content (AvgIpc) is 2.82. The predicted molar refractivity (Wildman–Crippen MR) is 83.9 cm³/mol. The highest BCUT2D eigenvalue weighted by atomic mass is 79.9. The molecule has 0 saturated heterocycles. The first kappa shape index (κ1) is 15.0. The third kappa shape index (κ3) is 3.78. The van der Waals surface area contributed by atoms with Crippen LogP contribution in [0.4, 0.5) is 0 Å². The summed E-state index contributed by atoms with van der Waals surface area (Å²) in [7, 11) is 1.61. The molecule has 0 radical (unpaired) electrons. The molecule has 0 N–H and O–H groups in total. The van der Waals surface area contributed by atoms with E-state index in [2.05, 4.69) is 15.9 Å². The van der Waals surface area contributed by atoms with E-state index in [1.165, 1.54) is 11.3 Å². The summed E-state index contributed by atoms with van der Waals surface area (Å²) >= 11 is 16.7. The topological polar surface area (TPSA) is 18.5 Å². The predicted octanol–water partition coefficient (Wildman–Crippen LogP) is 5.49. The van der Waals surface area contributed by atoms with Crippen LogP contribution in [0.3, 0.4) is 0 Å². The molecule has 0 bridgehead atoms. The van der Waals surface area contributed by atoms with E-state index >= 15 is 0 Å². The molecule has 102 valence electrons. The summed E-state index contributed by atoms with van der Waals surface area (Å²) in [5.41, 5.74) is 0.969. The van der Waals surface area contributed by atoms with Crippen molar-refractivity contribution < 1.29 is 9.47 Å². The maximum absolute atomic E-state index is 5.89. The molecule has 0 unspecified atom stereocenters. The Hall–Kier alpha value is -0.420. The second-order valence-corrected chi connectivity index (χ2v) is 6.66. The van der Waals surface area contributed by atoms with Crippen molar-refractivity contribution in [1.82, 2.24) is 0 Å². The second-order valence-electron chi connectivity index (χ2n) is 3.74. The van der Waals surface area contributed by atoms with E-state index in [1.54, 1.807) is 7.11 Å². The Labute approximate surface area is 134 Å². The third-order valence-corrected chi connectivity index (χ3v) is 4.53. The number of ether oxygens (including phenoxy) is 2. The molecule has 0 fully saturated rings. The molecule has 1 aromatic heterocycles. The Morgan fingerprint density at radius 2 is 2.11 bits per heavy atom. The van der Waals surface area contributed by atoms with Gasteiger partial charge in [-0.05, 0) is 45.8 Å². The molecule has 0 saturated carbocycles. The highest BCUT2D eigenvalue weighted by Gasteiger charge is 2.12. The summed E-state index contributed by atoms with van der Waals surface area (Å²) in [6, 6.07) is 7.59. The van der Waals surface area contributed by atoms with Crippen LogP contribution in [0.2, 0.25) is 4.34 Å². The molecule has 0 aliphatic carbocycles. The van der Waals surface area contributed by atoms with E-state index in [1.807, 2.05) is 24.3 Å². The van der Waals surface area contributed by atoms with Gasteiger partial charge < -0.3 is 9.47 Å².